The molecule has 0 aromatic rings. The molecule has 2 aliphatic heterocycles. The average molecular weight is 226 g/mol. The zero-order chi connectivity index (χ0) is 11.5. The number of carbonyl (C=O) groups is 1. The van der Waals surface area contributed by atoms with Crippen LogP contribution in [0.5, 0.6) is 0 Å². The molecule has 3 unspecified atom stereocenters. The maximum absolute atomic E-state index is 12.0. The second-order valence-corrected chi connectivity index (χ2v) is 4.91. The highest BCUT2D eigenvalue weighted by Gasteiger charge is 2.37. The van der Waals surface area contributed by atoms with E-state index in [9.17, 15) is 4.79 Å². The first kappa shape index (κ1) is 11.9. The summed E-state index contributed by atoms with van der Waals surface area (Å²) in [4.78, 5) is 14.0. The minimum Gasteiger partial charge on any atom is -0.381 e. The summed E-state index contributed by atoms with van der Waals surface area (Å²) < 4.78 is 5.37. The minimum absolute atomic E-state index is 0.0149. The van der Waals surface area contributed by atoms with Gasteiger partial charge in [0.05, 0.1) is 18.8 Å². The Bertz CT molecular complexity index is 251. The highest BCUT2D eigenvalue weighted by Crippen LogP contribution is 2.20. The lowest BCUT2D eigenvalue weighted by Gasteiger charge is -2.26. The van der Waals surface area contributed by atoms with E-state index >= 15 is 0 Å². The van der Waals surface area contributed by atoms with E-state index in [0.717, 1.165) is 39.0 Å². The fourth-order valence-corrected chi connectivity index (χ4v) is 2.59. The summed E-state index contributed by atoms with van der Waals surface area (Å²) >= 11 is 0. The summed E-state index contributed by atoms with van der Waals surface area (Å²) in [7, 11) is 0. The Labute approximate surface area is 97.3 Å². The van der Waals surface area contributed by atoms with Crippen LogP contribution >= 0.6 is 0 Å². The van der Waals surface area contributed by atoms with Crippen LogP contribution in [-0.4, -0.2) is 42.8 Å². The summed E-state index contributed by atoms with van der Waals surface area (Å²) in [6.45, 7) is 6.65. The van der Waals surface area contributed by atoms with Crippen LogP contribution in [0.3, 0.4) is 0 Å². The molecule has 16 heavy (non-hydrogen) atoms. The molecule has 0 aliphatic carbocycles. The van der Waals surface area contributed by atoms with E-state index in [2.05, 4.69) is 12.2 Å². The van der Waals surface area contributed by atoms with E-state index in [0.29, 0.717) is 5.92 Å². The minimum atomic E-state index is -0.0149. The Morgan fingerprint density at radius 3 is 3.00 bits per heavy atom. The molecule has 2 saturated heterocycles. The summed E-state index contributed by atoms with van der Waals surface area (Å²) in [5, 5.41) is 3.36. The molecule has 0 aromatic heterocycles. The van der Waals surface area contributed by atoms with Gasteiger partial charge in [-0.25, -0.2) is 0 Å². The first-order valence-electron chi connectivity index (χ1n) is 6.36. The predicted molar refractivity (Wildman–Crippen MR) is 61.9 cm³/mol. The molecular weight excluding hydrogens is 204 g/mol. The van der Waals surface area contributed by atoms with Crippen LogP contribution in [0.4, 0.5) is 0 Å². The van der Waals surface area contributed by atoms with Gasteiger partial charge in [-0.1, -0.05) is 13.3 Å². The van der Waals surface area contributed by atoms with Crippen molar-refractivity contribution in [1.82, 2.24) is 10.2 Å². The van der Waals surface area contributed by atoms with Crippen LogP contribution in [0.15, 0.2) is 0 Å². The van der Waals surface area contributed by atoms with Gasteiger partial charge in [-0.15, -0.1) is 0 Å². The topological polar surface area (TPSA) is 41.6 Å². The molecule has 2 rings (SSSR count). The van der Waals surface area contributed by atoms with Crippen molar-refractivity contribution in [3.63, 3.8) is 0 Å². The molecule has 2 fully saturated rings. The van der Waals surface area contributed by atoms with E-state index in [1.54, 1.807) is 0 Å². The van der Waals surface area contributed by atoms with E-state index < -0.39 is 0 Å². The lowest BCUT2D eigenvalue weighted by Crippen LogP contribution is -2.40. The van der Waals surface area contributed by atoms with Gasteiger partial charge >= 0.3 is 0 Å². The number of nitrogens with zero attached hydrogens (tertiary/aromatic N) is 1. The molecule has 2 aliphatic rings. The van der Waals surface area contributed by atoms with Crippen molar-refractivity contribution in [2.75, 3.05) is 19.8 Å². The standard InChI is InChI=1S/C12H22N2O2/c1-3-4-11-13-9(2)12(15)14(11)7-10-5-6-16-8-10/h9-11,13H,3-8H2,1-2H3. The molecule has 0 saturated carbocycles. The van der Waals surface area contributed by atoms with E-state index in [1.807, 2.05) is 11.8 Å². The maximum atomic E-state index is 12.0. The maximum Gasteiger partial charge on any atom is 0.240 e. The quantitative estimate of drug-likeness (QED) is 0.776. The molecule has 0 bridgehead atoms. The van der Waals surface area contributed by atoms with Gasteiger partial charge in [-0.2, -0.15) is 0 Å². The van der Waals surface area contributed by atoms with Gasteiger partial charge in [0.2, 0.25) is 5.91 Å². The smallest absolute Gasteiger partial charge is 0.240 e. The van der Waals surface area contributed by atoms with Crippen LogP contribution in [0.25, 0.3) is 0 Å². The molecule has 92 valence electrons. The summed E-state index contributed by atoms with van der Waals surface area (Å²) in [6, 6.07) is -0.0149. The molecule has 3 atom stereocenters. The number of rotatable bonds is 4. The Hall–Kier alpha value is -0.610. The van der Waals surface area contributed by atoms with Crippen LogP contribution in [0.2, 0.25) is 0 Å². The SMILES string of the molecule is CCCC1NC(C)C(=O)N1CC1CCOC1. The lowest BCUT2D eigenvalue weighted by molar-refractivity contribution is -0.130. The number of amides is 1. The Morgan fingerprint density at radius 1 is 1.56 bits per heavy atom. The van der Waals surface area contributed by atoms with Crippen molar-refractivity contribution in [2.24, 2.45) is 5.92 Å². The van der Waals surface area contributed by atoms with Gasteiger partial charge in [-0.05, 0) is 19.8 Å². The number of nitrogens with one attached hydrogen (secondary N) is 1. The molecule has 4 nitrogen and oxygen atoms in total. The molecule has 1 amide bonds. The molecule has 0 radical (unpaired) electrons. The summed E-state index contributed by atoms with van der Waals surface area (Å²) in [6.07, 6.45) is 3.49. The third-order valence-electron chi connectivity index (χ3n) is 3.51. The van der Waals surface area contributed by atoms with Crippen molar-refractivity contribution in [1.29, 1.82) is 0 Å². The third-order valence-corrected chi connectivity index (χ3v) is 3.51. The largest absolute Gasteiger partial charge is 0.381 e. The van der Waals surface area contributed by atoms with Crippen molar-refractivity contribution in [2.45, 2.75) is 45.3 Å². The zero-order valence-corrected chi connectivity index (χ0v) is 10.2. The molecule has 2 heterocycles. The van der Waals surface area contributed by atoms with Gasteiger partial charge in [-0.3, -0.25) is 10.1 Å². The third kappa shape index (κ3) is 2.38. The van der Waals surface area contributed by atoms with Gasteiger partial charge < -0.3 is 9.64 Å². The van der Waals surface area contributed by atoms with Crippen molar-refractivity contribution in [3.8, 4) is 0 Å². The summed E-state index contributed by atoms with van der Waals surface area (Å²) in [5.41, 5.74) is 0. The van der Waals surface area contributed by atoms with Crippen molar-refractivity contribution < 1.29 is 9.53 Å². The van der Waals surface area contributed by atoms with Crippen molar-refractivity contribution in [3.05, 3.63) is 0 Å². The first-order valence-corrected chi connectivity index (χ1v) is 6.36. The molecule has 0 spiro atoms. The van der Waals surface area contributed by atoms with E-state index in [1.165, 1.54) is 0 Å². The monoisotopic (exact) mass is 226 g/mol. The highest BCUT2D eigenvalue weighted by atomic mass is 16.5. The molecule has 1 N–H and O–H groups in total. The number of hydrogen-bond acceptors (Lipinski definition) is 3. The average Bonchev–Trinajstić information content (AvgIpc) is 2.84. The Kier molecular flexibility index (Phi) is 3.82. The van der Waals surface area contributed by atoms with Crippen molar-refractivity contribution >= 4 is 5.91 Å². The van der Waals surface area contributed by atoms with Crippen LogP contribution in [0.1, 0.15) is 33.1 Å². The molecular formula is C12H22N2O2. The van der Waals surface area contributed by atoms with Gasteiger partial charge in [0.25, 0.3) is 0 Å². The van der Waals surface area contributed by atoms with Crippen LogP contribution < -0.4 is 5.32 Å². The van der Waals surface area contributed by atoms with Gasteiger partial charge in [0.1, 0.15) is 0 Å². The van der Waals surface area contributed by atoms with E-state index in [-0.39, 0.29) is 18.1 Å². The highest BCUT2D eigenvalue weighted by molar-refractivity contribution is 5.83. The lowest BCUT2D eigenvalue weighted by atomic mass is 10.1. The second-order valence-electron chi connectivity index (χ2n) is 4.91. The molecule has 4 heteroatoms. The number of carbonyl (C=O) groups excluding carboxylic acids is 1. The number of hydrogen-bond donors (Lipinski definition) is 1. The molecule has 0 aromatic carbocycles. The van der Waals surface area contributed by atoms with Gasteiger partial charge in [0, 0.05) is 19.1 Å². The van der Waals surface area contributed by atoms with Crippen LogP contribution in [-0.2, 0) is 9.53 Å². The number of ether oxygens (including phenoxy) is 1. The zero-order valence-electron chi connectivity index (χ0n) is 10.2. The Balaban J connectivity index is 1.95. The summed E-state index contributed by atoms with van der Waals surface area (Å²) in [5.74, 6) is 0.792. The normalized spacial score (nSPS) is 35.0. The Morgan fingerprint density at radius 2 is 2.38 bits per heavy atom. The van der Waals surface area contributed by atoms with Gasteiger partial charge in [0.15, 0.2) is 0 Å². The predicted octanol–water partition coefficient (Wildman–Crippen LogP) is 0.969. The fraction of sp³-hybridized carbons (Fsp3) is 0.917. The van der Waals surface area contributed by atoms with E-state index in [4.69, 9.17) is 4.74 Å². The second kappa shape index (κ2) is 5.15. The van der Waals surface area contributed by atoms with Crippen LogP contribution in [0, 0.1) is 5.92 Å². The fourth-order valence-electron chi connectivity index (χ4n) is 2.59. The first-order chi connectivity index (χ1) is 7.72.